The molecule has 230 valence electrons. The maximum absolute atomic E-state index is 16.0. The standard InChI is InChI=1S/C39H38F2N2O2/c40-37-33-8-3-4-9-34(33)39(35-11-5-10-32(26-12-13-26)36(35)38(37)41)43-20-18-42(19-21-43)23-28(44)24-45-29-16-17-31-27(22-29)15-14-25-6-1-2-7-30(25)31/h1-11,14-17,22,26,28,37-39,44H,12-13,18-21,23-24H2/t28-,37?,38?,39?/m1/s1. The summed E-state index contributed by atoms with van der Waals surface area (Å²) in [7, 11) is 0. The van der Waals surface area contributed by atoms with Gasteiger partial charge < -0.3 is 9.84 Å². The molecule has 1 heterocycles. The first-order chi connectivity index (χ1) is 22.0. The second-order valence-electron chi connectivity index (χ2n) is 12.9. The van der Waals surface area contributed by atoms with Crippen molar-refractivity contribution < 1.29 is 18.6 Å². The average Bonchev–Trinajstić information content (AvgIpc) is 3.94. The van der Waals surface area contributed by atoms with Crippen molar-refractivity contribution in [2.24, 2.45) is 0 Å². The highest BCUT2D eigenvalue weighted by molar-refractivity contribution is 6.07. The number of benzene rings is 5. The van der Waals surface area contributed by atoms with Gasteiger partial charge >= 0.3 is 0 Å². The van der Waals surface area contributed by atoms with Crippen LogP contribution in [0.1, 0.15) is 65.0 Å². The molecule has 3 unspecified atom stereocenters. The number of aliphatic hydroxyl groups excluding tert-OH is 1. The van der Waals surface area contributed by atoms with E-state index in [1.54, 1.807) is 6.07 Å². The summed E-state index contributed by atoms with van der Waals surface area (Å²) in [5, 5.41) is 15.6. The highest BCUT2D eigenvalue weighted by Gasteiger charge is 2.42. The first-order valence-corrected chi connectivity index (χ1v) is 16.2. The fraction of sp³-hybridized carbons (Fsp3) is 0.333. The number of fused-ring (bicyclic) bond motifs is 5. The third kappa shape index (κ3) is 5.39. The van der Waals surface area contributed by atoms with Gasteiger partial charge in [0.25, 0.3) is 0 Å². The number of hydrogen-bond donors (Lipinski definition) is 1. The molecule has 2 fully saturated rings. The van der Waals surface area contributed by atoms with Gasteiger partial charge in [-0.3, -0.25) is 9.80 Å². The van der Waals surface area contributed by atoms with E-state index < -0.39 is 18.4 Å². The Morgan fingerprint density at radius 2 is 1.38 bits per heavy atom. The lowest BCUT2D eigenvalue weighted by atomic mass is 9.89. The molecular weight excluding hydrogens is 566 g/mol. The molecule has 45 heavy (non-hydrogen) atoms. The summed E-state index contributed by atoms with van der Waals surface area (Å²) in [4.78, 5) is 4.63. The van der Waals surface area contributed by atoms with Gasteiger partial charge in [0.15, 0.2) is 12.3 Å². The van der Waals surface area contributed by atoms with Crippen LogP contribution in [0.4, 0.5) is 8.78 Å². The number of ether oxygens (including phenoxy) is 1. The minimum atomic E-state index is -1.68. The summed E-state index contributed by atoms with van der Waals surface area (Å²) in [6.45, 7) is 3.72. The number of nitrogens with zero attached hydrogens (tertiary/aromatic N) is 2. The Bertz CT molecular complexity index is 1850. The van der Waals surface area contributed by atoms with Gasteiger partial charge in [0, 0.05) is 32.7 Å². The first-order valence-electron chi connectivity index (χ1n) is 16.2. The summed E-state index contributed by atoms with van der Waals surface area (Å²) >= 11 is 0. The molecule has 6 heteroatoms. The fourth-order valence-electron chi connectivity index (χ4n) is 7.61. The van der Waals surface area contributed by atoms with Gasteiger partial charge in [0.2, 0.25) is 0 Å². The predicted octanol–water partition coefficient (Wildman–Crippen LogP) is 8.05. The topological polar surface area (TPSA) is 35.9 Å². The molecule has 0 spiro atoms. The molecule has 1 N–H and O–H groups in total. The minimum Gasteiger partial charge on any atom is -0.491 e. The molecule has 0 amide bonds. The zero-order valence-corrected chi connectivity index (χ0v) is 25.3. The van der Waals surface area contributed by atoms with E-state index in [9.17, 15) is 5.11 Å². The quantitative estimate of drug-likeness (QED) is 0.191. The van der Waals surface area contributed by atoms with Crippen LogP contribution in [0.2, 0.25) is 0 Å². The van der Waals surface area contributed by atoms with Crippen molar-refractivity contribution in [3.63, 3.8) is 0 Å². The van der Waals surface area contributed by atoms with Crippen molar-refractivity contribution in [1.29, 1.82) is 0 Å². The highest BCUT2D eigenvalue weighted by Crippen LogP contribution is 2.53. The summed E-state index contributed by atoms with van der Waals surface area (Å²) < 4.78 is 37.8. The van der Waals surface area contributed by atoms with Crippen molar-refractivity contribution in [2.45, 2.75) is 43.2 Å². The summed E-state index contributed by atoms with van der Waals surface area (Å²) in [6.07, 6.45) is -1.89. The largest absolute Gasteiger partial charge is 0.491 e. The monoisotopic (exact) mass is 604 g/mol. The van der Waals surface area contributed by atoms with Crippen LogP contribution < -0.4 is 4.74 Å². The lowest BCUT2D eigenvalue weighted by Gasteiger charge is -2.40. The Morgan fingerprint density at radius 3 is 2.20 bits per heavy atom. The molecule has 3 aliphatic rings. The number of β-amino-alcohol motifs (C(OH)–C–C–N with tert-alkyl or cyclic N) is 1. The summed E-state index contributed by atoms with van der Waals surface area (Å²) in [6, 6.07) is 32.0. The smallest absolute Gasteiger partial charge is 0.161 e. The molecule has 0 aromatic heterocycles. The second-order valence-corrected chi connectivity index (χ2v) is 12.9. The van der Waals surface area contributed by atoms with Gasteiger partial charge in [-0.2, -0.15) is 0 Å². The first kappa shape index (κ1) is 28.6. The molecule has 0 radical (unpaired) electrons. The predicted molar refractivity (Wildman–Crippen MR) is 175 cm³/mol. The summed E-state index contributed by atoms with van der Waals surface area (Å²) in [5.74, 6) is 1.08. The molecular formula is C39H38F2N2O2. The lowest BCUT2D eigenvalue weighted by Crippen LogP contribution is -2.50. The molecule has 8 rings (SSSR count). The number of piperazine rings is 1. The maximum atomic E-state index is 16.0. The molecule has 1 aliphatic heterocycles. The van der Waals surface area contributed by atoms with Crippen molar-refractivity contribution in [1.82, 2.24) is 9.80 Å². The molecule has 5 aromatic carbocycles. The van der Waals surface area contributed by atoms with Crippen LogP contribution >= 0.6 is 0 Å². The van der Waals surface area contributed by atoms with E-state index in [1.807, 2.05) is 54.6 Å². The third-order valence-corrected chi connectivity index (χ3v) is 10.0. The van der Waals surface area contributed by atoms with Gasteiger partial charge in [-0.1, -0.05) is 84.9 Å². The average molecular weight is 605 g/mol. The van der Waals surface area contributed by atoms with Crippen LogP contribution in [0.15, 0.2) is 97.1 Å². The van der Waals surface area contributed by atoms with E-state index in [0.29, 0.717) is 23.6 Å². The Kier molecular flexibility index (Phi) is 7.52. The van der Waals surface area contributed by atoms with Gasteiger partial charge in [0.05, 0.1) is 6.04 Å². The van der Waals surface area contributed by atoms with E-state index in [4.69, 9.17) is 4.74 Å². The van der Waals surface area contributed by atoms with E-state index >= 15 is 8.78 Å². The molecule has 5 aromatic rings. The van der Waals surface area contributed by atoms with Crippen LogP contribution in [0.3, 0.4) is 0 Å². The van der Waals surface area contributed by atoms with Crippen LogP contribution in [-0.4, -0.2) is 60.3 Å². The lowest BCUT2D eigenvalue weighted by molar-refractivity contribution is 0.0400. The van der Waals surface area contributed by atoms with Gasteiger partial charge in [-0.25, -0.2) is 8.78 Å². The van der Waals surface area contributed by atoms with E-state index in [-0.39, 0.29) is 12.6 Å². The van der Waals surface area contributed by atoms with Gasteiger partial charge in [-0.05, 0) is 80.3 Å². The van der Waals surface area contributed by atoms with Crippen LogP contribution in [0, 0.1) is 0 Å². The Hall–Kier alpha value is -3.84. The SMILES string of the molecule is O[C@@H](COc1ccc2c(ccc3ccccc32)c1)CN1CCN(C2c3ccccc3C(F)C(F)c3c(C4CC4)cccc32)CC1. The van der Waals surface area contributed by atoms with Gasteiger partial charge in [-0.15, -0.1) is 0 Å². The second kappa shape index (κ2) is 11.8. The Labute approximate surface area is 262 Å². The summed E-state index contributed by atoms with van der Waals surface area (Å²) in [5.41, 5.74) is 3.80. The Morgan fingerprint density at radius 1 is 0.689 bits per heavy atom. The van der Waals surface area contributed by atoms with Crippen molar-refractivity contribution in [2.75, 3.05) is 39.3 Å². The zero-order chi connectivity index (χ0) is 30.5. The van der Waals surface area contributed by atoms with Gasteiger partial charge in [0.1, 0.15) is 18.5 Å². The van der Waals surface area contributed by atoms with Crippen LogP contribution in [-0.2, 0) is 0 Å². The van der Waals surface area contributed by atoms with E-state index in [1.165, 1.54) is 16.2 Å². The molecule has 1 saturated carbocycles. The molecule has 4 atom stereocenters. The number of halogens is 2. The molecule has 1 saturated heterocycles. The Balaban J connectivity index is 0.949. The molecule has 0 bridgehead atoms. The van der Waals surface area contributed by atoms with Crippen LogP contribution in [0.5, 0.6) is 5.75 Å². The molecule has 2 aliphatic carbocycles. The molecule has 4 nitrogen and oxygen atoms in total. The number of alkyl halides is 2. The number of rotatable bonds is 7. The maximum Gasteiger partial charge on any atom is 0.161 e. The van der Waals surface area contributed by atoms with Crippen molar-refractivity contribution in [3.8, 4) is 5.75 Å². The number of aliphatic hydroxyl groups is 1. The highest BCUT2D eigenvalue weighted by atomic mass is 19.2. The minimum absolute atomic E-state index is 0.200. The van der Waals surface area contributed by atoms with Crippen molar-refractivity contribution >= 4 is 21.5 Å². The van der Waals surface area contributed by atoms with E-state index in [0.717, 1.165) is 66.8 Å². The van der Waals surface area contributed by atoms with Crippen molar-refractivity contribution in [3.05, 3.63) is 125 Å². The fourth-order valence-corrected chi connectivity index (χ4v) is 7.61. The normalized spacial score (nSPS) is 23.0. The zero-order valence-electron chi connectivity index (χ0n) is 25.3. The van der Waals surface area contributed by atoms with E-state index in [2.05, 4.69) is 46.2 Å². The third-order valence-electron chi connectivity index (χ3n) is 10.0. The number of hydrogen-bond acceptors (Lipinski definition) is 4. The van der Waals surface area contributed by atoms with Crippen LogP contribution in [0.25, 0.3) is 21.5 Å².